The van der Waals surface area contributed by atoms with Gasteiger partial charge in [-0.2, -0.15) is 0 Å². The van der Waals surface area contributed by atoms with Gasteiger partial charge in [-0.05, 0) is 0 Å². The van der Waals surface area contributed by atoms with Crippen molar-refractivity contribution in [3.05, 3.63) is 0 Å². The molecule has 26 valence electrons. The van der Waals surface area contributed by atoms with Crippen molar-refractivity contribution in [3.63, 3.8) is 0 Å². The topological polar surface area (TPSA) is 0 Å². The molecule has 0 nitrogen and oxygen atoms in total. The number of rotatable bonds is 0. The average molecular weight is 210 g/mol. The predicted octanol–water partition coefficient (Wildman–Crippen LogP) is -15.2. The number of hydrogen-bond acceptors (Lipinski definition) is 0. The minimum atomic E-state index is 0. The van der Waals surface area contributed by atoms with Crippen LogP contribution in [0.3, 0.4) is 0 Å². The van der Waals surface area contributed by atoms with Gasteiger partial charge in [0.05, 0.1) is 0 Å². The van der Waals surface area contributed by atoms with E-state index in [0.717, 1.165) is 0 Å². The molecule has 0 heterocycles. The van der Waals surface area contributed by atoms with Crippen LogP contribution < -0.4 is 118 Å². The number of hydrogen-bond donors (Lipinski definition) is 0. The summed E-state index contributed by atoms with van der Waals surface area (Å²) in [5.74, 6) is 0. The Kier molecular flexibility index (Phi) is 249. The van der Waals surface area contributed by atoms with Crippen LogP contribution in [0.15, 0.2) is 0 Å². The van der Waals surface area contributed by atoms with E-state index in [9.17, 15) is 0 Å². The fourth-order valence-corrected chi connectivity index (χ4v) is 0. The van der Waals surface area contributed by atoms with Crippen molar-refractivity contribution in [3.8, 4) is 0 Å². The average Bonchev–Trinajstić information content (AvgIpc) is 0. The standard InChI is InChI=1S/Ca.3ClH.K.Na.H/h;3*1H;;;/q+2;;;;2*+1;-1/p-3. The Morgan fingerprint density at radius 2 is 0.833 bits per heavy atom. The second kappa shape index (κ2) is 33.0. The smallest absolute Gasteiger partial charge is 1.00 e. The van der Waals surface area contributed by atoms with Crippen LogP contribution in [0, 0.1) is 0 Å². The minimum Gasteiger partial charge on any atom is -1.00 e. The molecule has 0 aromatic carbocycles. The quantitative estimate of drug-likeness (QED) is 0.348. The van der Waals surface area contributed by atoms with E-state index in [1.54, 1.807) is 0 Å². The van der Waals surface area contributed by atoms with Crippen molar-refractivity contribution in [1.29, 1.82) is 0 Å². The van der Waals surface area contributed by atoms with E-state index < -0.39 is 0 Å². The van der Waals surface area contributed by atoms with Crippen LogP contribution in [0.1, 0.15) is 1.43 Å². The SMILES string of the molecule is [Ca+2].[Cl-].[Cl-].[Cl-].[H-].[K+].[Na+]. The third-order valence-corrected chi connectivity index (χ3v) is 0. The van der Waals surface area contributed by atoms with Gasteiger partial charge in [0, 0.05) is 0 Å². The van der Waals surface area contributed by atoms with Crippen molar-refractivity contribution in [1.82, 2.24) is 0 Å². The van der Waals surface area contributed by atoms with Crippen LogP contribution in [0.25, 0.3) is 0 Å². The molecule has 0 fully saturated rings. The molecule has 6 heavy (non-hydrogen) atoms. The number of halogens is 3. The monoisotopic (exact) mass is 208 g/mol. The van der Waals surface area contributed by atoms with Crippen LogP contribution in [0.4, 0.5) is 0 Å². The maximum absolute atomic E-state index is 0. The van der Waals surface area contributed by atoms with E-state index in [1.807, 2.05) is 0 Å². The van der Waals surface area contributed by atoms with E-state index in [0.29, 0.717) is 0 Å². The van der Waals surface area contributed by atoms with E-state index in [4.69, 9.17) is 0 Å². The molecule has 0 unspecified atom stereocenters. The molecule has 0 spiro atoms. The first kappa shape index (κ1) is 45.2. The fourth-order valence-electron chi connectivity index (χ4n) is 0. The first-order valence-corrected chi connectivity index (χ1v) is 0. The Morgan fingerprint density at radius 1 is 0.833 bits per heavy atom. The molecular formula is HCaCl3KNa. The maximum atomic E-state index is 0. The van der Waals surface area contributed by atoms with E-state index in [2.05, 4.69) is 0 Å². The van der Waals surface area contributed by atoms with Crippen molar-refractivity contribution >= 4 is 37.7 Å². The summed E-state index contributed by atoms with van der Waals surface area (Å²) in [6.45, 7) is 0. The molecule has 0 aromatic heterocycles. The van der Waals surface area contributed by atoms with Crippen LogP contribution >= 0.6 is 0 Å². The third-order valence-electron chi connectivity index (χ3n) is 0. The van der Waals surface area contributed by atoms with Gasteiger partial charge in [-0.25, -0.2) is 0 Å². The van der Waals surface area contributed by atoms with Crippen LogP contribution in [-0.4, -0.2) is 37.7 Å². The Hall–Kier alpha value is 4.77. The summed E-state index contributed by atoms with van der Waals surface area (Å²) in [7, 11) is 0. The summed E-state index contributed by atoms with van der Waals surface area (Å²) in [5, 5.41) is 0. The molecule has 0 aliphatic heterocycles. The van der Waals surface area contributed by atoms with Crippen molar-refractivity contribution < 1.29 is 120 Å². The van der Waals surface area contributed by atoms with Crippen molar-refractivity contribution in [2.24, 2.45) is 0 Å². The molecule has 0 atom stereocenters. The van der Waals surface area contributed by atoms with Crippen molar-refractivity contribution in [2.75, 3.05) is 0 Å². The largest absolute Gasteiger partial charge is 2.00 e. The van der Waals surface area contributed by atoms with Gasteiger partial charge in [-0.15, -0.1) is 0 Å². The van der Waals surface area contributed by atoms with Gasteiger partial charge < -0.3 is 38.6 Å². The Balaban J connectivity index is 0. The Bertz CT molecular complexity index is 14.9. The van der Waals surface area contributed by atoms with Crippen LogP contribution in [0.2, 0.25) is 0 Å². The first-order chi connectivity index (χ1) is 0. The van der Waals surface area contributed by atoms with Gasteiger partial charge in [0.25, 0.3) is 0 Å². The minimum absolute atomic E-state index is 0. The molecule has 0 aliphatic carbocycles. The zero-order chi connectivity index (χ0) is 0. The predicted molar refractivity (Wildman–Crippen MR) is 6.87 cm³/mol. The summed E-state index contributed by atoms with van der Waals surface area (Å²) in [5.41, 5.74) is 0. The molecule has 0 aliphatic rings. The van der Waals surface area contributed by atoms with E-state index in [-0.39, 0.29) is 157 Å². The van der Waals surface area contributed by atoms with E-state index >= 15 is 0 Å². The van der Waals surface area contributed by atoms with Gasteiger partial charge in [0.1, 0.15) is 0 Å². The zero-order valence-corrected chi connectivity index (χ0v) is 13.4. The summed E-state index contributed by atoms with van der Waals surface area (Å²) in [4.78, 5) is 0. The fraction of sp³-hybridized carbons (Fsp3) is 0. The molecule has 6 heteroatoms. The van der Waals surface area contributed by atoms with Crippen molar-refractivity contribution in [2.45, 2.75) is 0 Å². The summed E-state index contributed by atoms with van der Waals surface area (Å²) >= 11 is 0. The maximum Gasteiger partial charge on any atom is 2.00 e. The van der Waals surface area contributed by atoms with Crippen LogP contribution in [0.5, 0.6) is 0 Å². The summed E-state index contributed by atoms with van der Waals surface area (Å²) in [6, 6.07) is 0. The van der Waals surface area contributed by atoms with Gasteiger partial charge in [-0.1, -0.05) is 0 Å². The molecule has 0 aromatic rings. The molecule has 0 amide bonds. The molecule has 0 N–H and O–H groups in total. The van der Waals surface area contributed by atoms with Gasteiger partial charge in [0.15, 0.2) is 0 Å². The molecule has 0 saturated heterocycles. The van der Waals surface area contributed by atoms with Crippen LogP contribution in [-0.2, 0) is 0 Å². The second-order valence-electron chi connectivity index (χ2n) is 0. The van der Waals surface area contributed by atoms with Gasteiger partial charge in [0.2, 0.25) is 0 Å². The summed E-state index contributed by atoms with van der Waals surface area (Å²) in [6.07, 6.45) is 0. The third kappa shape index (κ3) is 23.3. The molecular weight excluding hydrogens is 209 g/mol. The van der Waals surface area contributed by atoms with Gasteiger partial charge >= 0.3 is 119 Å². The van der Waals surface area contributed by atoms with Gasteiger partial charge in [-0.3, -0.25) is 0 Å². The zero-order valence-electron chi connectivity index (χ0n) is 4.84. The molecule has 0 radical (unpaired) electrons. The Morgan fingerprint density at radius 3 is 0.833 bits per heavy atom. The molecule has 0 bridgehead atoms. The summed E-state index contributed by atoms with van der Waals surface area (Å²) < 4.78 is 0. The first-order valence-electron chi connectivity index (χ1n) is 0. The normalized spacial score (nSPS) is 0. The Labute approximate surface area is 153 Å². The van der Waals surface area contributed by atoms with E-state index in [1.165, 1.54) is 0 Å². The molecule has 0 rings (SSSR count). The second-order valence-corrected chi connectivity index (χ2v) is 0. The molecule has 0 saturated carbocycles.